The minimum absolute atomic E-state index is 0.0283. The largest absolute Gasteiger partial charge is 0.468 e. The Labute approximate surface area is 202 Å². The van der Waals surface area contributed by atoms with Gasteiger partial charge in [-0.3, -0.25) is 4.79 Å². The number of hydrogen-bond donors (Lipinski definition) is 2. The third-order valence-corrected chi connectivity index (χ3v) is 6.51. The molecule has 2 aliphatic rings. The minimum atomic E-state index is -4.63. The van der Waals surface area contributed by atoms with Crippen LogP contribution in [0, 0.1) is 0 Å². The molecule has 1 aliphatic heterocycles. The molecule has 1 saturated carbocycles. The molecule has 0 atom stereocenters. The van der Waals surface area contributed by atoms with E-state index in [2.05, 4.69) is 15.3 Å². The fourth-order valence-electron chi connectivity index (χ4n) is 3.75. The Morgan fingerprint density at radius 1 is 1.22 bits per heavy atom. The molecule has 1 saturated heterocycles. The van der Waals surface area contributed by atoms with E-state index in [1.807, 2.05) is 0 Å². The first-order valence-electron chi connectivity index (χ1n) is 10.9. The van der Waals surface area contributed by atoms with Crippen molar-refractivity contribution < 1.29 is 39.9 Å². The molecule has 4 rings (SSSR count). The summed E-state index contributed by atoms with van der Waals surface area (Å²) < 4.78 is 94.1. The first kappa shape index (κ1) is 26.0. The van der Waals surface area contributed by atoms with Gasteiger partial charge in [0.25, 0.3) is 21.9 Å². The second-order valence-corrected chi connectivity index (χ2v) is 10.2. The number of aromatic nitrogens is 2. The van der Waals surface area contributed by atoms with Crippen molar-refractivity contribution >= 4 is 27.4 Å². The number of pyridine rings is 2. The van der Waals surface area contributed by atoms with E-state index in [-0.39, 0.29) is 42.0 Å². The summed E-state index contributed by atoms with van der Waals surface area (Å²) >= 11 is 0. The maximum atomic E-state index is 13.7. The van der Waals surface area contributed by atoms with Crippen molar-refractivity contribution in [2.75, 3.05) is 29.9 Å². The van der Waals surface area contributed by atoms with Crippen LogP contribution in [0.1, 0.15) is 47.5 Å². The quantitative estimate of drug-likeness (QED) is 0.520. The van der Waals surface area contributed by atoms with Crippen molar-refractivity contribution in [3.8, 4) is 5.88 Å². The highest BCUT2D eigenvalue weighted by Crippen LogP contribution is 2.46. The van der Waals surface area contributed by atoms with E-state index in [1.54, 1.807) is 0 Å². The number of rotatable bonds is 7. The van der Waals surface area contributed by atoms with E-state index < -0.39 is 52.5 Å². The van der Waals surface area contributed by atoms with Gasteiger partial charge in [0.05, 0.1) is 5.56 Å². The second kappa shape index (κ2) is 9.42. The summed E-state index contributed by atoms with van der Waals surface area (Å²) in [6.45, 7) is -1.98. The van der Waals surface area contributed by atoms with Crippen molar-refractivity contribution in [2.45, 2.75) is 48.7 Å². The van der Waals surface area contributed by atoms with Gasteiger partial charge in [-0.2, -0.15) is 18.2 Å². The summed E-state index contributed by atoms with van der Waals surface area (Å²) in [5.41, 5.74) is 0.256. The number of amides is 1. The zero-order chi connectivity index (χ0) is 26.3. The lowest BCUT2D eigenvalue weighted by Crippen LogP contribution is -2.40. The van der Waals surface area contributed by atoms with Crippen LogP contribution in [-0.2, 0) is 10.0 Å². The van der Waals surface area contributed by atoms with E-state index in [0.29, 0.717) is 18.4 Å². The summed E-state index contributed by atoms with van der Waals surface area (Å²) in [5, 5.41) is 7.07. The van der Waals surface area contributed by atoms with Gasteiger partial charge in [-0.15, -0.1) is 0 Å². The van der Waals surface area contributed by atoms with E-state index in [9.17, 15) is 35.2 Å². The Bertz CT molecular complexity index is 1260. The number of piperidine rings is 1. The van der Waals surface area contributed by atoms with Gasteiger partial charge in [0, 0.05) is 49.4 Å². The SMILES string of the molecule is NS(=O)(=O)c1cc(NC(=O)c2cc(C3CC3)c(OCC(F)(F)F)nc2N2CCC(F)(F)CC2)ccn1. The number of anilines is 2. The van der Waals surface area contributed by atoms with Gasteiger partial charge in [-0.05, 0) is 30.9 Å². The minimum Gasteiger partial charge on any atom is -0.468 e. The maximum Gasteiger partial charge on any atom is 0.422 e. The average Bonchev–Trinajstić information content (AvgIpc) is 3.61. The molecule has 36 heavy (non-hydrogen) atoms. The molecule has 15 heteroatoms. The fourth-order valence-corrected chi connectivity index (χ4v) is 4.25. The van der Waals surface area contributed by atoms with Gasteiger partial charge in [0.1, 0.15) is 5.82 Å². The standard InChI is InChI=1S/C21H22F5N5O4S/c22-20(23)4-7-31(8-5-20)17-15(18(32)29-13-3-6-28-16(9-13)36(27,33)34)10-14(12-1-2-12)19(30-17)35-11-21(24,25)26/h3,6,9-10,12H,1-2,4-5,7-8,11H2,(H2,27,33,34)(H,28,29,32). The van der Waals surface area contributed by atoms with Crippen LogP contribution in [0.3, 0.4) is 0 Å². The Morgan fingerprint density at radius 2 is 1.89 bits per heavy atom. The van der Waals surface area contributed by atoms with Gasteiger partial charge in [-0.25, -0.2) is 27.3 Å². The number of nitrogens with one attached hydrogen (secondary N) is 1. The predicted molar refractivity (Wildman–Crippen MR) is 118 cm³/mol. The molecule has 0 unspecified atom stereocenters. The molecular weight excluding hydrogens is 513 g/mol. The number of hydrogen-bond acceptors (Lipinski definition) is 7. The van der Waals surface area contributed by atoms with Crippen LogP contribution < -0.4 is 20.1 Å². The van der Waals surface area contributed by atoms with Gasteiger partial charge in [-0.1, -0.05) is 0 Å². The number of carbonyl (C=O) groups excluding carboxylic acids is 1. The molecule has 2 fully saturated rings. The van der Waals surface area contributed by atoms with Crippen molar-refractivity contribution in [3.05, 3.63) is 35.5 Å². The first-order chi connectivity index (χ1) is 16.7. The highest BCUT2D eigenvalue weighted by molar-refractivity contribution is 7.89. The van der Waals surface area contributed by atoms with Crippen LogP contribution in [0.5, 0.6) is 5.88 Å². The zero-order valence-corrected chi connectivity index (χ0v) is 19.5. The van der Waals surface area contributed by atoms with Crippen molar-refractivity contribution in [1.29, 1.82) is 0 Å². The molecule has 1 aliphatic carbocycles. The molecule has 1 amide bonds. The topological polar surface area (TPSA) is 128 Å². The van der Waals surface area contributed by atoms with Crippen LogP contribution in [0.2, 0.25) is 0 Å². The second-order valence-electron chi connectivity index (χ2n) is 8.66. The van der Waals surface area contributed by atoms with Crippen molar-refractivity contribution in [3.63, 3.8) is 0 Å². The molecule has 0 aromatic carbocycles. The highest BCUT2D eigenvalue weighted by atomic mass is 32.2. The summed E-state index contributed by atoms with van der Waals surface area (Å²) in [7, 11) is -4.16. The number of ether oxygens (including phenoxy) is 1. The summed E-state index contributed by atoms with van der Waals surface area (Å²) in [6, 6.07) is 3.70. The summed E-state index contributed by atoms with van der Waals surface area (Å²) in [4.78, 5) is 22.5. The highest BCUT2D eigenvalue weighted by Gasteiger charge is 2.38. The molecule has 2 aromatic heterocycles. The number of halogens is 5. The molecule has 0 radical (unpaired) electrons. The number of nitrogens with zero attached hydrogens (tertiary/aromatic N) is 3. The average molecular weight is 535 g/mol. The van der Waals surface area contributed by atoms with Crippen LogP contribution in [0.25, 0.3) is 0 Å². The first-order valence-corrected chi connectivity index (χ1v) is 12.4. The van der Waals surface area contributed by atoms with Crippen LogP contribution in [0.15, 0.2) is 29.4 Å². The molecule has 3 heterocycles. The normalized spacial score (nSPS) is 18.1. The lowest BCUT2D eigenvalue weighted by atomic mass is 10.0. The van der Waals surface area contributed by atoms with Gasteiger partial charge < -0.3 is 15.0 Å². The third kappa shape index (κ3) is 6.37. The monoisotopic (exact) mass is 535 g/mol. The van der Waals surface area contributed by atoms with Crippen LogP contribution in [-0.4, -0.2) is 56.1 Å². The molecular formula is C21H22F5N5O4S. The predicted octanol–water partition coefficient (Wildman–Crippen LogP) is 3.43. The molecule has 9 nitrogen and oxygen atoms in total. The fraction of sp³-hybridized carbons (Fsp3) is 0.476. The Hall–Kier alpha value is -3.07. The van der Waals surface area contributed by atoms with E-state index >= 15 is 0 Å². The molecule has 3 N–H and O–H groups in total. The lowest BCUT2D eigenvalue weighted by Gasteiger charge is -2.34. The molecule has 2 aromatic rings. The van der Waals surface area contributed by atoms with E-state index in [0.717, 1.165) is 12.3 Å². The van der Waals surface area contributed by atoms with E-state index in [1.165, 1.54) is 17.0 Å². The molecule has 0 spiro atoms. The lowest BCUT2D eigenvalue weighted by molar-refractivity contribution is -0.154. The van der Waals surface area contributed by atoms with Crippen LogP contribution in [0.4, 0.5) is 33.5 Å². The smallest absolute Gasteiger partial charge is 0.422 e. The number of nitrogens with two attached hydrogens (primary N) is 1. The number of primary sulfonamides is 1. The Kier molecular flexibility index (Phi) is 6.81. The molecule has 0 bridgehead atoms. The van der Waals surface area contributed by atoms with Gasteiger partial charge in [0.15, 0.2) is 11.6 Å². The van der Waals surface area contributed by atoms with Crippen molar-refractivity contribution in [2.24, 2.45) is 5.14 Å². The van der Waals surface area contributed by atoms with Crippen molar-refractivity contribution in [1.82, 2.24) is 9.97 Å². The van der Waals surface area contributed by atoms with Gasteiger partial charge >= 0.3 is 6.18 Å². The number of alkyl halides is 5. The molecule has 196 valence electrons. The van der Waals surface area contributed by atoms with Crippen LogP contribution >= 0.6 is 0 Å². The summed E-state index contributed by atoms with van der Waals surface area (Å²) in [6.07, 6.45) is -3.26. The summed E-state index contributed by atoms with van der Waals surface area (Å²) in [5.74, 6) is -4.26. The number of carbonyl (C=O) groups is 1. The Morgan fingerprint density at radius 3 is 2.47 bits per heavy atom. The van der Waals surface area contributed by atoms with Gasteiger partial charge in [0.2, 0.25) is 5.88 Å². The number of sulfonamides is 1. The zero-order valence-electron chi connectivity index (χ0n) is 18.7. The van der Waals surface area contributed by atoms with E-state index in [4.69, 9.17) is 9.88 Å². The Balaban J connectivity index is 1.72. The third-order valence-electron chi connectivity index (χ3n) is 5.71. The maximum absolute atomic E-state index is 13.7.